The molecule has 1 aliphatic carbocycles. The lowest BCUT2D eigenvalue weighted by Gasteiger charge is -2.37. The molecular formula is C32H36N4O9. The number of esters is 1. The van der Waals surface area contributed by atoms with E-state index in [9.17, 15) is 19.5 Å². The van der Waals surface area contributed by atoms with Crippen LogP contribution in [0, 0.1) is 11.8 Å². The van der Waals surface area contributed by atoms with Crippen molar-refractivity contribution in [2.24, 2.45) is 16.8 Å². The SMILES string of the molecule is COc1cc([C@@H]2c3cc4c(cc3[C@@H](N=C3CC(=O)N(CCN5CCN(C)CC5)C3=O)[C@H]3COC(=O)[C@H]23)OCO4)cc(OC)c1O. The third-order valence-corrected chi connectivity index (χ3v) is 9.65. The van der Waals surface area contributed by atoms with Gasteiger partial charge in [0.15, 0.2) is 23.0 Å². The van der Waals surface area contributed by atoms with Gasteiger partial charge in [-0.15, -0.1) is 0 Å². The number of benzene rings is 2. The second kappa shape index (κ2) is 11.5. The predicted octanol–water partition coefficient (Wildman–Crippen LogP) is 1.56. The first-order valence-corrected chi connectivity index (χ1v) is 15.1. The molecule has 7 rings (SSSR count). The highest BCUT2D eigenvalue weighted by Crippen LogP contribution is 2.56. The van der Waals surface area contributed by atoms with E-state index in [1.807, 2.05) is 12.1 Å². The molecule has 0 radical (unpaired) electrons. The van der Waals surface area contributed by atoms with Gasteiger partial charge in [0, 0.05) is 51.1 Å². The molecule has 13 heteroatoms. The normalized spacial score (nSPS) is 27.1. The van der Waals surface area contributed by atoms with Gasteiger partial charge in [0.05, 0.1) is 39.2 Å². The maximum absolute atomic E-state index is 13.6. The number of hydrogen-bond donors (Lipinski definition) is 1. The van der Waals surface area contributed by atoms with Gasteiger partial charge < -0.3 is 33.7 Å². The van der Waals surface area contributed by atoms with Gasteiger partial charge >= 0.3 is 5.97 Å². The van der Waals surface area contributed by atoms with Crippen molar-refractivity contribution in [1.29, 1.82) is 0 Å². The van der Waals surface area contributed by atoms with E-state index < -0.39 is 35.7 Å². The van der Waals surface area contributed by atoms with Crippen LogP contribution in [0.2, 0.25) is 0 Å². The van der Waals surface area contributed by atoms with Crippen LogP contribution in [0.25, 0.3) is 0 Å². The Bertz CT molecular complexity index is 1560. The maximum atomic E-state index is 13.6. The Morgan fingerprint density at radius 2 is 1.58 bits per heavy atom. The van der Waals surface area contributed by atoms with Crippen molar-refractivity contribution in [1.82, 2.24) is 14.7 Å². The summed E-state index contributed by atoms with van der Waals surface area (Å²) < 4.78 is 27.9. The van der Waals surface area contributed by atoms with Crippen LogP contribution in [0.1, 0.15) is 35.1 Å². The number of carbonyl (C=O) groups excluding carboxylic acids is 3. The average Bonchev–Trinajstić information content (AvgIpc) is 3.73. The van der Waals surface area contributed by atoms with E-state index in [4.69, 9.17) is 28.7 Å². The smallest absolute Gasteiger partial charge is 0.310 e. The van der Waals surface area contributed by atoms with E-state index in [1.54, 1.807) is 12.1 Å². The first-order chi connectivity index (χ1) is 21.8. The molecule has 0 aromatic heterocycles. The van der Waals surface area contributed by atoms with Crippen LogP contribution in [-0.2, 0) is 19.1 Å². The quantitative estimate of drug-likeness (QED) is 0.356. The van der Waals surface area contributed by atoms with Gasteiger partial charge in [-0.3, -0.25) is 29.2 Å². The number of carbonyl (C=O) groups is 3. The number of imide groups is 1. The third kappa shape index (κ3) is 5.03. The Kier molecular flexibility index (Phi) is 7.52. The van der Waals surface area contributed by atoms with Gasteiger partial charge in [0.2, 0.25) is 18.4 Å². The number of ether oxygens (including phenoxy) is 5. The number of cyclic esters (lactones) is 1. The van der Waals surface area contributed by atoms with E-state index in [0.29, 0.717) is 30.2 Å². The lowest BCUT2D eigenvalue weighted by Crippen LogP contribution is -2.47. The number of nitrogens with zero attached hydrogens (tertiary/aromatic N) is 4. The fraction of sp³-hybridized carbons (Fsp3) is 0.500. The number of hydrogen-bond acceptors (Lipinski definition) is 12. The molecule has 3 saturated heterocycles. The number of amides is 2. The molecule has 13 nitrogen and oxygen atoms in total. The van der Waals surface area contributed by atoms with Gasteiger partial charge in [0.1, 0.15) is 5.71 Å². The van der Waals surface area contributed by atoms with Crippen LogP contribution in [0.3, 0.4) is 0 Å². The molecule has 0 bridgehead atoms. The second-order valence-electron chi connectivity index (χ2n) is 12.1. The lowest BCUT2D eigenvalue weighted by atomic mass is 9.65. The third-order valence-electron chi connectivity index (χ3n) is 9.65. The van der Waals surface area contributed by atoms with Gasteiger partial charge in [-0.2, -0.15) is 0 Å². The number of methoxy groups -OCH3 is 2. The lowest BCUT2D eigenvalue weighted by molar-refractivity contribution is -0.142. The first-order valence-electron chi connectivity index (χ1n) is 15.1. The Balaban J connectivity index is 1.27. The zero-order valence-electron chi connectivity index (χ0n) is 25.5. The number of aliphatic imine (C=N–C) groups is 1. The molecule has 3 fully saturated rings. The number of fused-ring (bicyclic) bond motifs is 3. The Hall–Kier alpha value is -4.36. The molecule has 4 atom stereocenters. The van der Waals surface area contributed by atoms with Crippen LogP contribution >= 0.6 is 0 Å². The predicted molar refractivity (Wildman–Crippen MR) is 159 cm³/mol. The van der Waals surface area contributed by atoms with Crippen LogP contribution in [-0.4, -0.2) is 117 Å². The molecule has 1 N–H and O–H groups in total. The monoisotopic (exact) mass is 620 g/mol. The van der Waals surface area contributed by atoms with Crippen LogP contribution in [0.15, 0.2) is 29.3 Å². The van der Waals surface area contributed by atoms with Crippen molar-refractivity contribution in [3.8, 4) is 28.7 Å². The average molecular weight is 621 g/mol. The van der Waals surface area contributed by atoms with Gasteiger partial charge in [-0.05, 0) is 48.0 Å². The maximum Gasteiger partial charge on any atom is 0.310 e. The highest BCUT2D eigenvalue weighted by Gasteiger charge is 2.53. The minimum atomic E-state index is -0.674. The Morgan fingerprint density at radius 1 is 0.911 bits per heavy atom. The molecule has 2 aromatic carbocycles. The highest BCUT2D eigenvalue weighted by molar-refractivity contribution is 6.48. The molecule has 0 saturated carbocycles. The molecule has 0 spiro atoms. The fourth-order valence-electron chi connectivity index (χ4n) is 7.18. The first kappa shape index (κ1) is 29.4. The summed E-state index contributed by atoms with van der Waals surface area (Å²) in [6.07, 6.45) is -0.0973. The summed E-state index contributed by atoms with van der Waals surface area (Å²) >= 11 is 0. The van der Waals surface area contributed by atoms with Crippen LogP contribution in [0.5, 0.6) is 28.7 Å². The molecule has 4 aliphatic heterocycles. The van der Waals surface area contributed by atoms with Crippen molar-refractivity contribution in [3.63, 3.8) is 0 Å². The fourth-order valence-corrected chi connectivity index (χ4v) is 7.18. The molecule has 4 heterocycles. The van der Waals surface area contributed by atoms with Crippen molar-refractivity contribution < 1.29 is 43.2 Å². The number of likely N-dealkylation sites (tertiary alicyclic amines) is 1. The van der Waals surface area contributed by atoms with E-state index in [-0.39, 0.29) is 48.7 Å². The molecule has 2 aromatic rings. The Labute approximate surface area is 260 Å². The molecule has 2 amide bonds. The topological polar surface area (TPSA) is 140 Å². The van der Waals surface area contributed by atoms with Crippen molar-refractivity contribution >= 4 is 23.5 Å². The summed E-state index contributed by atoms with van der Waals surface area (Å²) in [6.45, 7) is 4.73. The number of likely N-dealkylation sites (N-methyl/N-ethyl adjacent to an activating group) is 1. The van der Waals surface area contributed by atoms with E-state index >= 15 is 0 Å². The second-order valence-corrected chi connectivity index (χ2v) is 12.1. The van der Waals surface area contributed by atoms with Crippen molar-refractivity contribution in [2.75, 3.05) is 73.9 Å². The summed E-state index contributed by atoms with van der Waals surface area (Å²) in [4.78, 5) is 50.8. The standard InChI is InChI=1S/C32H36N4O9/c1-34-4-6-35(7-5-34)8-9-36-26(37)14-21(31(36)39)33-29-19-13-23-22(44-16-45-23)12-18(19)27(28-20(29)15-43-32(28)40)17-10-24(41-2)30(38)25(11-17)42-3/h10-13,20,27-29,38H,4-9,14-16H2,1-3H3/t20-,27+,28-,29+/m0/s1. The van der Waals surface area contributed by atoms with Gasteiger partial charge in [-0.25, -0.2) is 0 Å². The van der Waals surface area contributed by atoms with E-state index in [2.05, 4.69) is 16.8 Å². The zero-order chi connectivity index (χ0) is 31.4. The molecule has 45 heavy (non-hydrogen) atoms. The number of phenolic OH excluding ortho intramolecular Hbond substituents is 1. The summed E-state index contributed by atoms with van der Waals surface area (Å²) in [5, 5.41) is 10.6. The summed E-state index contributed by atoms with van der Waals surface area (Å²) in [6, 6.07) is 6.41. The summed E-state index contributed by atoms with van der Waals surface area (Å²) in [5.74, 6) is -1.40. The minimum absolute atomic E-state index is 0.0487. The van der Waals surface area contributed by atoms with Crippen molar-refractivity contribution in [2.45, 2.75) is 18.4 Å². The van der Waals surface area contributed by atoms with E-state index in [0.717, 1.165) is 37.3 Å². The molecule has 5 aliphatic rings. The number of phenols is 1. The molecular weight excluding hydrogens is 584 g/mol. The van der Waals surface area contributed by atoms with Crippen molar-refractivity contribution in [3.05, 3.63) is 41.0 Å². The Morgan fingerprint density at radius 3 is 2.24 bits per heavy atom. The van der Waals surface area contributed by atoms with Crippen LogP contribution < -0.4 is 18.9 Å². The molecule has 238 valence electrons. The van der Waals surface area contributed by atoms with E-state index in [1.165, 1.54) is 19.1 Å². The van der Waals surface area contributed by atoms with Crippen LogP contribution in [0.4, 0.5) is 0 Å². The summed E-state index contributed by atoms with van der Waals surface area (Å²) in [5.41, 5.74) is 2.34. The minimum Gasteiger partial charge on any atom is -0.502 e. The molecule has 0 unspecified atom stereocenters. The highest BCUT2D eigenvalue weighted by atomic mass is 16.7. The summed E-state index contributed by atoms with van der Waals surface area (Å²) in [7, 11) is 4.97. The number of piperazine rings is 1. The van der Waals surface area contributed by atoms with Gasteiger partial charge in [-0.1, -0.05) is 0 Å². The number of rotatable bonds is 7. The zero-order valence-corrected chi connectivity index (χ0v) is 25.5. The number of aromatic hydroxyl groups is 1. The largest absolute Gasteiger partial charge is 0.502 e. The van der Waals surface area contributed by atoms with Gasteiger partial charge in [0.25, 0.3) is 5.91 Å².